The van der Waals surface area contributed by atoms with E-state index in [2.05, 4.69) is 29.3 Å². The number of hydrogen-bond acceptors (Lipinski definition) is 4. The molecule has 2 saturated heterocycles. The first kappa shape index (κ1) is 20.4. The average Bonchev–Trinajstić information content (AvgIpc) is 3.37. The molecule has 1 aromatic heterocycles. The number of rotatable bonds is 5. The van der Waals surface area contributed by atoms with Crippen molar-refractivity contribution in [2.24, 2.45) is 5.92 Å². The fourth-order valence-electron chi connectivity index (χ4n) is 4.67. The van der Waals surface area contributed by atoms with E-state index in [1.807, 2.05) is 17.0 Å². The van der Waals surface area contributed by atoms with Crippen molar-refractivity contribution in [2.75, 3.05) is 39.8 Å². The summed E-state index contributed by atoms with van der Waals surface area (Å²) in [6.45, 7) is 6.94. The number of carbonyl (C=O) groups excluding carboxylic acids is 2. The quantitative estimate of drug-likeness (QED) is 0.813. The van der Waals surface area contributed by atoms with Crippen LogP contribution in [0.25, 0.3) is 10.1 Å². The maximum absolute atomic E-state index is 12.8. The van der Waals surface area contributed by atoms with Gasteiger partial charge in [-0.1, -0.05) is 25.1 Å². The molecule has 2 aromatic rings. The van der Waals surface area contributed by atoms with Crippen molar-refractivity contribution in [1.82, 2.24) is 15.1 Å². The van der Waals surface area contributed by atoms with Crippen molar-refractivity contribution >= 4 is 33.2 Å². The van der Waals surface area contributed by atoms with E-state index in [1.54, 1.807) is 18.4 Å². The van der Waals surface area contributed by atoms with Gasteiger partial charge in [-0.2, -0.15) is 0 Å². The molecule has 1 aromatic carbocycles. The number of likely N-dealkylation sites (tertiary alicyclic amines) is 2. The normalized spacial score (nSPS) is 21.0. The van der Waals surface area contributed by atoms with Gasteiger partial charge in [0.1, 0.15) is 0 Å². The van der Waals surface area contributed by atoms with Gasteiger partial charge in [0, 0.05) is 43.7 Å². The summed E-state index contributed by atoms with van der Waals surface area (Å²) in [4.78, 5) is 30.6. The van der Waals surface area contributed by atoms with Gasteiger partial charge in [-0.3, -0.25) is 9.59 Å². The largest absolute Gasteiger partial charge is 0.354 e. The van der Waals surface area contributed by atoms with Crippen molar-refractivity contribution in [3.8, 4) is 0 Å². The molecule has 0 radical (unpaired) electrons. The summed E-state index contributed by atoms with van der Waals surface area (Å²) in [6.07, 6.45) is 4.02. The van der Waals surface area contributed by atoms with Crippen LogP contribution in [0.1, 0.15) is 53.8 Å². The van der Waals surface area contributed by atoms with Gasteiger partial charge in [-0.05, 0) is 55.3 Å². The van der Waals surface area contributed by atoms with Crippen LogP contribution in [-0.2, 0) is 4.79 Å². The van der Waals surface area contributed by atoms with Gasteiger partial charge in [-0.25, -0.2) is 0 Å². The molecule has 0 bridgehead atoms. The van der Waals surface area contributed by atoms with Crippen LogP contribution in [0.2, 0.25) is 0 Å². The molecule has 1 atom stereocenters. The van der Waals surface area contributed by atoms with Gasteiger partial charge in [-0.15, -0.1) is 11.3 Å². The zero-order valence-corrected chi connectivity index (χ0v) is 18.3. The molecule has 4 rings (SSSR count). The predicted molar refractivity (Wildman–Crippen MR) is 119 cm³/mol. The van der Waals surface area contributed by atoms with Gasteiger partial charge < -0.3 is 15.1 Å². The monoisotopic (exact) mass is 413 g/mol. The highest BCUT2D eigenvalue weighted by molar-refractivity contribution is 7.21. The van der Waals surface area contributed by atoms with Gasteiger partial charge in [0.05, 0.1) is 4.88 Å². The van der Waals surface area contributed by atoms with E-state index >= 15 is 0 Å². The van der Waals surface area contributed by atoms with E-state index in [0.29, 0.717) is 6.42 Å². The smallest absolute Gasteiger partial charge is 0.261 e. The molecular formula is C23H31N3O2S. The highest BCUT2D eigenvalue weighted by Crippen LogP contribution is 2.40. The Morgan fingerprint density at radius 3 is 2.66 bits per heavy atom. The van der Waals surface area contributed by atoms with Gasteiger partial charge >= 0.3 is 0 Å². The Bertz CT molecular complexity index is 885. The van der Waals surface area contributed by atoms with Gasteiger partial charge in [0.25, 0.3) is 5.91 Å². The molecule has 3 heterocycles. The highest BCUT2D eigenvalue weighted by Gasteiger charge is 2.32. The molecular weight excluding hydrogens is 382 g/mol. The minimum absolute atomic E-state index is 0.0229. The maximum atomic E-state index is 12.8. The SMILES string of the molecule is CNC(=O)c1sc2ccccc2c1C1CCN(C(=O)CCN2CCC(C)CC2)C1. The third-order valence-electron chi connectivity index (χ3n) is 6.53. The molecule has 5 nitrogen and oxygen atoms in total. The number of nitrogens with zero attached hydrogens (tertiary/aromatic N) is 2. The Labute approximate surface area is 177 Å². The van der Waals surface area contributed by atoms with Crippen LogP contribution >= 0.6 is 11.3 Å². The third-order valence-corrected chi connectivity index (χ3v) is 7.72. The van der Waals surface area contributed by atoms with Crippen molar-refractivity contribution in [3.63, 3.8) is 0 Å². The van der Waals surface area contributed by atoms with E-state index < -0.39 is 0 Å². The van der Waals surface area contributed by atoms with Crippen LogP contribution in [0.3, 0.4) is 0 Å². The number of nitrogens with one attached hydrogen (secondary N) is 1. The summed E-state index contributed by atoms with van der Waals surface area (Å²) in [5.74, 6) is 1.28. The summed E-state index contributed by atoms with van der Waals surface area (Å²) in [5, 5.41) is 3.95. The standard InChI is InChI=1S/C23H31N3O2S/c1-16-7-11-25(12-8-16)13-10-20(27)26-14-9-17(15-26)21-18-5-3-4-6-19(18)29-22(21)23(28)24-2/h3-6,16-17H,7-15H2,1-2H3,(H,24,28). The second kappa shape index (κ2) is 8.84. The molecule has 1 unspecified atom stereocenters. The Kier molecular flexibility index (Phi) is 6.20. The Morgan fingerprint density at radius 1 is 1.14 bits per heavy atom. The molecule has 0 aliphatic carbocycles. The molecule has 2 fully saturated rings. The number of hydrogen-bond donors (Lipinski definition) is 1. The predicted octanol–water partition coefficient (Wildman–Crippen LogP) is 3.70. The minimum Gasteiger partial charge on any atom is -0.354 e. The number of piperidine rings is 1. The fraction of sp³-hybridized carbons (Fsp3) is 0.565. The second-order valence-electron chi connectivity index (χ2n) is 8.52. The van der Waals surface area contributed by atoms with Crippen molar-refractivity contribution < 1.29 is 9.59 Å². The van der Waals surface area contributed by atoms with Crippen LogP contribution in [0.5, 0.6) is 0 Å². The lowest BCUT2D eigenvalue weighted by Gasteiger charge is -2.30. The van der Waals surface area contributed by atoms with Crippen molar-refractivity contribution in [3.05, 3.63) is 34.7 Å². The van der Waals surface area contributed by atoms with Crippen LogP contribution in [0.4, 0.5) is 0 Å². The molecule has 1 N–H and O–H groups in total. The van der Waals surface area contributed by atoms with E-state index in [0.717, 1.165) is 65.6 Å². The van der Waals surface area contributed by atoms with Crippen LogP contribution in [0, 0.1) is 5.92 Å². The topological polar surface area (TPSA) is 52.7 Å². The first-order chi connectivity index (χ1) is 14.1. The summed E-state index contributed by atoms with van der Waals surface area (Å²) in [6, 6.07) is 8.23. The number of carbonyl (C=O) groups is 2. The lowest BCUT2D eigenvalue weighted by molar-refractivity contribution is -0.130. The number of fused-ring (bicyclic) bond motifs is 1. The summed E-state index contributed by atoms with van der Waals surface area (Å²) >= 11 is 1.56. The molecule has 2 amide bonds. The maximum Gasteiger partial charge on any atom is 0.261 e. The fourth-order valence-corrected chi connectivity index (χ4v) is 5.91. The van der Waals surface area contributed by atoms with Gasteiger partial charge in [0.15, 0.2) is 0 Å². The first-order valence-electron chi connectivity index (χ1n) is 10.8. The Morgan fingerprint density at radius 2 is 1.90 bits per heavy atom. The Hall–Kier alpha value is -1.92. The molecule has 0 saturated carbocycles. The van der Waals surface area contributed by atoms with E-state index in [9.17, 15) is 9.59 Å². The zero-order chi connectivity index (χ0) is 20.4. The van der Waals surface area contributed by atoms with E-state index in [1.165, 1.54) is 12.8 Å². The van der Waals surface area contributed by atoms with Gasteiger partial charge in [0.2, 0.25) is 5.91 Å². The first-order valence-corrected chi connectivity index (χ1v) is 11.6. The molecule has 156 valence electrons. The number of benzene rings is 1. The lowest BCUT2D eigenvalue weighted by atomic mass is 9.95. The molecule has 29 heavy (non-hydrogen) atoms. The third kappa shape index (κ3) is 4.33. The van der Waals surface area contributed by atoms with Crippen molar-refractivity contribution in [1.29, 1.82) is 0 Å². The van der Waals surface area contributed by atoms with E-state index in [-0.39, 0.29) is 17.7 Å². The zero-order valence-electron chi connectivity index (χ0n) is 17.4. The highest BCUT2D eigenvalue weighted by atomic mass is 32.1. The molecule has 0 spiro atoms. The average molecular weight is 414 g/mol. The number of thiophene rings is 1. The molecule has 2 aliphatic rings. The van der Waals surface area contributed by atoms with Crippen LogP contribution < -0.4 is 5.32 Å². The second-order valence-corrected chi connectivity index (χ2v) is 9.57. The summed E-state index contributed by atoms with van der Waals surface area (Å²) in [7, 11) is 1.68. The van der Waals surface area contributed by atoms with Crippen molar-refractivity contribution in [2.45, 2.75) is 38.5 Å². The summed E-state index contributed by atoms with van der Waals surface area (Å²) < 4.78 is 1.14. The molecule has 2 aliphatic heterocycles. The molecule has 6 heteroatoms. The minimum atomic E-state index is -0.0229. The lowest BCUT2D eigenvalue weighted by Crippen LogP contribution is -2.37. The Balaban J connectivity index is 1.43. The van der Waals surface area contributed by atoms with Crippen LogP contribution in [0.15, 0.2) is 24.3 Å². The van der Waals surface area contributed by atoms with Crippen LogP contribution in [-0.4, -0.2) is 61.4 Å². The number of amides is 2. The van der Waals surface area contributed by atoms with E-state index in [4.69, 9.17) is 0 Å². The summed E-state index contributed by atoms with van der Waals surface area (Å²) in [5.41, 5.74) is 1.13.